The van der Waals surface area contributed by atoms with E-state index in [1.165, 1.54) is 19.3 Å². The van der Waals surface area contributed by atoms with Crippen LogP contribution in [0, 0.1) is 0 Å². The number of nitrogens with zero attached hydrogens (tertiary/aromatic N) is 3. The van der Waals surface area contributed by atoms with Crippen LogP contribution in [-0.2, 0) is 7.05 Å². The monoisotopic (exact) mass is 310 g/mol. The smallest absolute Gasteiger partial charge is 0.323 e. The summed E-state index contributed by atoms with van der Waals surface area (Å²) < 4.78 is 1.77. The fourth-order valence-corrected chi connectivity index (χ4v) is 3.41. The van der Waals surface area contributed by atoms with Gasteiger partial charge in [-0.1, -0.05) is 13.3 Å². The minimum absolute atomic E-state index is 0.0564. The molecule has 118 valence electrons. The normalized spacial score (nSPS) is 16.4. The third-order valence-corrected chi connectivity index (χ3v) is 5.07. The van der Waals surface area contributed by atoms with Crippen LogP contribution in [0.2, 0.25) is 0 Å². The highest BCUT2D eigenvalue weighted by atomic mass is 32.2. The highest BCUT2D eigenvalue weighted by Crippen LogP contribution is 2.36. The van der Waals surface area contributed by atoms with Gasteiger partial charge in [0.15, 0.2) is 0 Å². The van der Waals surface area contributed by atoms with Gasteiger partial charge in [-0.2, -0.15) is 16.9 Å². The lowest BCUT2D eigenvalue weighted by molar-refractivity contribution is 0.207. The molecule has 1 saturated carbocycles. The van der Waals surface area contributed by atoms with Gasteiger partial charge in [0.05, 0.1) is 5.69 Å². The summed E-state index contributed by atoms with van der Waals surface area (Å²) in [5.41, 5.74) is 1.11. The van der Waals surface area contributed by atoms with Gasteiger partial charge in [0.1, 0.15) is 5.82 Å². The van der Waals surface area contributed by atoms with Crippen molar-refractivity contribution in [2.75, 3.05) is 24.4 Å². The molecule has 2 rings (SSSR count). The Morgan fingerprint density at radius 1 is 1.62 bits per heavy atom. The number of thioether (sulfide) groups is 1. The van der Waals surface area contributed by atoms with Gasteiger partial charge < -0.3 is 4.90 Å². The molecule has 1 heterocycles. The second-order valence-electron chi connectivity index (χ2n) is 5.76. The van der Waals surface area contributed by atoms with Crippen LogP contribution in [0.1, 0.15) is 44.2 Å². The molecule has 0 bridgehead atoms. The first kappa shape index (κ1) is 16.2. The van der Waals surface area contributed by atoms with Gasteiger partial charge in [0, 0.05) is 37.9 Å². The standard InChI is InChI=1S/C15H26N4OS/c1-5-12(10-21-4)18(2)15(20)16-14-9-13(17-19(14)3)11-7-6-8-11/h9,11-12H,5-8,10H2,1-4H3,(H,16,20)/t12-/m1/s1. The molecule has 1 atom stereocenters. The van der Waals surface area contributed by atoms with Crippen molar-refractivity contribution in [3.63, 3.8) is 0 Å². The molecule has 1 aromatic rings. The van der Waals surface area contributed by atoms with Crippen molar-refractivity contribution < 1.29 is 4.79 Å². The van der Waals surface area contributed by atoms with Crippen molar-refractivity contribution in [2.45, 2.75) is 44.6 Å². The first-order chi connectivity index (χ1) is 10.1. The molecule has 6 heteroatoms. The number of urea groups is 1. The molecule has 1 aliphatic rings. The number of anilines is 1. The molecular weight excluding hydrogens is 284 g/mol. The lowest BCUT2D eigenvalue weighted by Gasteiger charge is -2.26. The van der Waals surface area contributed by atoms with Gasteiger partial charge in [-0.15, -0.1) is 0 Å². The van der Waals surface area contributed by atoms with Crippen molar-refractivity contribution in [3.05, 3.63) is 11.8 Å². The maximum atomic E-state index is 12.4. The molecule has 0 unspecified atom stereocenters. The van der Waals surface area contributed by atoms with E-state index in [4.69, 9.17) is 0 Å². The highest BCUT2D eigenvalue weighted by Gasteiger charge is 2.24. The maximum Gasteiger partial charge on any atom is 0.323 e. The lowest BCUT2D eigenvalue weighted by Crippen LogP contribution is -2.41. The predicted octanol–water partition coefficient (Wildman–Crippen LogP) is 3.29. The molecule has 0 saturated heterocycles. The Labute approximate surface area is 131 Å². The topological polar surface area (TPSA) is 50.2 Å². The molecule has 2 amide bonds. The van der Waals surface area contributed by atoms with E-state index in [1.54, 1.807) is 21.3 Å². The van der Waals surface area contributed by atoms with E-state index in [9.17, 15) is 4.79 Å². The Kier molecular flexibility index (Phi) is 5.56. The van der Waals surface area contributed by atoms with Crippen LogP contribution in [0.25, 0.3) is 0 Å². The summed E-state index contributed by atoms with van der Waals surface area (Å²) >= 11 is 1.77. The lowest BCUT2D eigenvalue weighted by atomic mass is 9.83. The molecule has 1 fully saturated rings. The summed E-state index contributed by atoms with van der Waals surface area (Å²) in [5.74, 6) is 2.33. The van der Waals surface area contributed by atoms with Crippen LogP contribution >= 0.6 is 11.8 Å². The summed E-state index contributed by atoms with van der Waals surface area (Å²) in [7, 11) is 3.75. The Balaban J connectivity index is 1.99. The summed E-state index contributed by atoms with van der Waals surface area (Å²) in [5, 5.41) is 7.51. The first-order valence-corrected chi connectivity index (χ1v) is 9.02. The second kappa shape index (κ2) is 7.20. The van der Waals surface area contributed by atoms with Crippen molar-refractivity contribution in [2.24, 2.45) is 7.05 Å². The minimum atomic E-state index is -0.0564. The molecule has 5 nitrogen and oxygen atoms in total. The number of amides is 2. The molecule has 1 aromatic heterocycles. The first-order valence-electron chi connectivity index (χ1n) is 7.63. The molecule has 0 radical (unpaired) electrons. The fraction of sp³-hybridized carbons (Fsp3) is 0.733. The van der Waals surface area contributed by atoms with Crippen molar-refractivity contribution in [1.29, 1.82) is 0 Å². The van der Waals surface area contributed by atoms with Crippen LogP contribution in [0.15, 0.2) is 6.07 Å². The zero-order chi connectivity index (χ0) is 15.4. The van der Waals surface area contributed by atoms with E-state index in [2.05, 4.69) is 23.6 Å². The molecule has 0 aliphatic heterocycles. The van der Waals surface area contributed by atoms with E-state index in [0.29, 0.717) is 5.92 Å². The molecule has 0 spiro atoms. The van der Waals surface area contributed by atoms with Gasteiger partial charge in [0.2, 0.25) is 0 Å². The molecule has 1 N–H and O–H groups in total. The number of carbonyl (C=O) groups is 1. The molecule has 21 heavy (non-hydrogen) atoms. The van der Waals surface area contributed by atoms with Crippen LogP contribution in [0.4, 0.5) is 10.6 Å². The maximum absolute atomic E-state index is 12.4. The fourth-order valence-electron chi connectivity index (χ4n) is 2.57. The Hall–Kier alpha value is -1.17. The number of nitrogens with one attached hydrogen (secondary N) is 1. The largest absolute Gasteiger partial charge is 0.324 e. The van der Waals surface area contributed by atoms with Gasteiger partial charge in [-0.25, -0.2) is 4.79 Å². The van der Waals surface area contributed by atoms with Crippen molar-refractivity contribution in [1.82, 2.24) is 14.7 Å². The third-order valence-electron chi connectivity index (χ3n) is 4.36. The zero-order valence-electron chi connectivity index (χ0n) is 13.4. The SMILES string of the molecule is CC[C@H](CSC)N(C)C(=O)Nc1cc(C2CCC2)nn1C. The van der Waals surface area contributed by atoms with E-state index in [1.807, 2.05) is 20.2 Å². The summed E-state index contributed by atoms with van der Waals surface area (Å²) in [4.78, 5) is 14.2. The summed E-state index contributed by atoms with van der Waals surface area (Å²) in [6.45, 7) is 2.11. The molecular formula is C15H26N4OS. The van der Waals surface area contributed by atoms with Gasteiger partial charge in [-0.05, 0) is 25.5 Å². The second-order valence-corrected chi connectivity index (χ2v) is 6.68. The number of aromatic nitrogens is 2. The zero-order valence-corrected chi connectivity index (χ0v) is 14.2. The third kappa shape index (κ3) is 3.73. The van der Waals surface area contributed by atoms with Gasteiger partial charge >= 0.3 is 6.03 Å². The van der Waals surface area contributed by atoms with Crippen molar-refractivity contribution in [3.8, 4) is 0 Å². The van der Waals surface area contributed by atoms with Crippen LogP contribution in [-0.4, -0.2) is 45.8 Å². The Morgan fingerprint density at radius 3 is 2.86 bits per heavy atom. The number of hydrogen-bond donors (Lipinski definition) is 1. The number of rotatable bonds is 6. The highest BCUT2D eigenvalue weighted by molar-refractivity contribution is 7.98. The van der Waals surface area contributed by atoms with E-state index >= 15 is 0 Å². The average molecular weight is 310 g/mol. The van der Waals surface area contributed by atoms with Crippen LogP contribution in [0.3, 0.4) is 0 Å². The number of hydrogen-bond acceptors (Lipinski definition) is 3. The minimum Gasteiger partial charge on any atom is -0.324 e. The Morgan fingerprint density at radius 2 is 2.33 bits per heavy atom. The van der Waals surface area contributed by atoms with Gasteiger partial charge in [0.25, 0.3) is 0 Å². The number of aryl methyl sites for hydroxylation is 1. The summed E-state index contributed by atoms with van der Waals surface area (Å²) in [6.07, 6.45) is 6.76. The van der Waals surface area contributed by atoms with E-state index in [0.717, 1.165) is 23.7 Å². The van der Waals surface area contributed by atoms with E-state index < -0.39 is 0 Å². The van der Waals surface area contributed by atoms with E-state index in [-0.39, 0.29) is 12.1 Å². The summed E-state index contributed by atoms with van der Waals surface area (Å²) in [6, 6.07) is 2.23. The Bertz CT molecular complexity index is 484. The quantitative estimate of drug-likeness (QED) is 0.877. The predicted molar refractivity (Wildman–Crippen MR) is 89.0 cm³/mol. The molecule has 0 aromatic carbocycles. The van der Waals surface area contributed by atoms with Crippen LogP contribution in [0.5, 0.6) is 0 Å². The number of carbonyl (C=O) groups excluding carboxylic acids is 1. The molecule has 1 aliphatic carbocycles. The average Bonchev–Trinajstić information content (AvgIpc) is 2.74. The van der Waals surface area contributed by atoms with Crippen molar-refractivity contribution >= 4 is 23.6 Å². The van der Waals surface area contributed by atoms with Crippen LogP contribution < -0.4 is 5.32 Å². The van der Waals surface area contributed by atoms with Gasteiger partial charge in [-0.3, -0.25) is 10.00 Å².